The monoisotopic (exact) mass is 332 g/mol. The topological polar surface area (TPSA) is 70.7 Å². The van der Waals surface area contributed by atoms with Gasteiger partial charge in [-0.25, -0.2) is 0 Å². The largest absolute Gasteiger partial charge is 0.418 e. The summed E-state index contributed by atoms with van der Waals surface area (Å²) < 4.78 is 38.9. The molecule has 0 spiro atoms. The molecule has 2 N–H and O–H groups in total. The van der Waals surface area contributed by atoms with Crippen molar-refractivity contribution in [3.63, 3.8) is 0 Å². The maximum absolute atomic E-state index is 13.0. The minimum atomic E-state index is -4.65. The van der Waals surface area contributed by atoms with Gasteiger partial charge in [-0.1, -0.05) is 12.1 Å². The van der Waals surface area contributed by atoms with Crippen LogP contribution in [0.1, 0.15) is 15.9 Å². The van der Waals surface area contributed by atoms with Crippen LogP contribution in [-0.4, -0.2) is 21.1 Å². The molecule has 2 heterocycles. The smallest absolute Gasteiger partial charge is 0.322 e. The van der Waals surface area contributed by atoms with E-state index in [1.807, 2.05) is 0 Å². The van der Waals surface area contributed by atoms with Gasteiger partial charge < -0.3 is 5.32 Å². The number of nitrogens with one attached hydrogen (secondary N) is 2. The van der Waals surface area contributed by atoms with Gasteiger partial charge in [0.1, 0.15) is 0 Å². The Morgan fingerprint density at radius 1 is 1.12 bits per heavy atom. The lowest BCUT2D eigenvalue weighted by Gasteiger charge is -2.12. The molecule has 0 aliphatic carbocycles. The molecule has 0 unspecified atom stereocenters. The molecule has 24 heavy (non-hydrogen) atoms. The minimum Gasteiger partial charge on any atom is -0.322 e. The Balaban J connectivity index is 1.88. The highest BCUT2D eigenvalue weighted by Gasteiger charge is 2.35. The van der Waals surface area contributed by atoms with Crippen LogP contribution < -0.4 is 5.32 Å². The number of aromatic amines is 1. The fourth-order valence-electron chi connectivity index (χ4n) is 2.20. The standard InChI is InChI=1S/C16H11F3N4O/c17-16(18,19)14-9-20-5-4-13(14)15(24)23-12-3-1-2-10(6-12)11-7-21-22-8-11/h1-9H,(H,21,22)(H,23,24). The van der Waals surface area contributed by atoms with Gasteiger partial charge in [0.05, 0.1) is 17.3 Å². The number of carbonyl (C=O) groups excluding carboxylic acids is 1. The van der Waals surface area contributed by atoms with E-state index in [9.17, 15) is 18.0 Å². The van der Waals surface area contributed by atoms with Gasteiger partial charge in [-0.2, -0.15) is 18.3 Å². The molecule has 0 radical (unpaired) electrons. The Hall–Kier alpha value is -3.16. The lowest BCUT2D eigenvalue weighted by molar-refractivity contribution is -0.138. The van der Waals surface area contributed by atoms with Crippen molar-refractivity contribution in [1.29, 1.82) is 0 Å². The van der Waals surface area contributed by atoms with Gasteiger partial charge in [0, 0.05) is 29.8 Å². The molecule has 0 fully saturated rings. The van der Waals surface area contributed by atoms with Gasteiger partial charge in [0.25, 0.3) is 5.91 Å². The minimum absolute atomic E-state index is 0.378. The van der Waals surface area contributed by atoms with Crippen molar-refractivity contribution >= 4 is 11.6 Å². The molecule has 0 aliphatic rings. The van der Waals surface area contributed by atoms with Gasteiger partial charge in [0.2, 0.25) is 0 Å². The van der Waals surface area contributed by atoms with E-state index in [2.05, 4.69) is 20.5 Å². The molecule has 0 saturated heterocycles. The van der Waals surface area contributed by atoms with Gasteiger partial charge in [-0.15, -0.1) is 0 Å². The molecule has 0 aliphatic heterocycles. The van der Waals surface area contributed by atoms with Crippen LogP contribution in [0.25, 0.3) is 11.1 Å². The van der Waals surface area contributed by atoms with Gasteiger partial charge in [-0.3, -0.25) is 14.9 Å². The Labute approximate surface area is 134 Å². The second-order valence-corrected chi connectivity index (χ2v) is 4.94. The Bertz CT molecular complexity index is 860. The second-order valence-electron chi connectivity index (χ2n) is 4.94. The highest BCUT2D eigenvalue weighted by Crippen LogP contribution is 2.31. The number of hydrogen-bond acceptors (Lipinski definition) is 3. The highest BCUT2D eigenvalue weighted by atomic mass is 19.4. The molecule has 8 heteroatoms. The summed E-state index contributed by atoms with van der Waals surface area (Å²) in [5.41, 5.74) is 0.390. The van der Waals surface area contributed by atoms with Crippen molar-refractivity contribution in [1.82, 2.24) is 15.2 Å². The number of hydrogen-bond donors (Lipinski definition) is 2. The molecular formula is C16H11F3N4O. The van der Waals surface area contributed by atoms with Gasteiger partial charge in [-0.05, 0) is 23.8 Å². The van der Waals surface area contributed by atoms with E-state index in [0.717, 1.165) is 23.4 Å². The van der Waals surface area contributed by atoms with Crippen molar-refractivity contribution in [3.8, 4) is 11.1 Å². The first-order valence-electron chi connectivity index (χ1n) is 6.87. The number of amides is 1. The average Bonchev–Trinajstić information content (AvgIpc) is 3.09. The number of benzene rings is 1. The Kier molecular flexibility index (Phi) is 4.03. The molecule has 2 aromatic heterocycles. The third kappa shape index (κ3) is 3.27. The van der Waals surface area contributed by atoms with Crippen LogP contribution in [0.3, 0.4) is 0 Å². The molecule has 1 aromatic carbocycles. The predicted molar refractivity (Wildman–Crippen MR) is 81.2 cm³/mol. The number of pyridine rings is 1. The third-order valence-electron chi connectivity index (χ3n) is 3.32. The average molecular weight is 332 g/mol. The molecular weight excluding hydrogens is 321 g/mol. The normalized spacial score (nSPS) is 11.3. The van der Waals surface area contributed by atoms with Crippen molar-refractivity contribution in [3.05, 3.63) is 66.2 Å². The number of H-pyrrole nitrogens is 1. The zero-order valence-electron chi connectivity index (χ0n) is 12.1. The van der Waals surface area contributed by atoms with E-state index in [1.165, 1.54) is 0 Å². The summed E-state index contributed by atoms with van der Waals surface area (Å²) in [6.07, 6.45) is 0.402. The number of halogens is 3. The first-order chi connectivity index (χ1) is 11.4. The van der Waals surface area contributed by atoms with E-state index in [4.69, 9.17) is 0 Å². The summed E-state index contributed by atoms with van der Waals surface area (Å²) in [4.78, 5) is 15.7. The van der Waals surface area contributed by atoms with Gasteiger partial charge in [0.15, 0.2) is 0 Å². The van der Waals surface area contributed by atoms with Crippen LogP contribution >= 0.6 is 0 Å². The van der Waals surface area contributed by atoms with E-state index < -0.39 is 23.2 Å². The fraction of sp³-hybridized carbons (Fsp3) is 0.0625. The number of nitrogens with zero attached hydrogens (tertiary/aromatic N) is 2. The quantitative estimate of drug-likeness (QED) is 0.767. The SMILES string of the molecule is O=C(Nc1cccc(-c2cn[nH]c2)c1)c1ccncc1C(F)(F)F. The molecule has 3 rings (SSSR count). The molecule has 3 aromatic rings. The molecule has 5 nitrogen and oxygen atoms in total. The molecule has 0 bridgehead atoms. The van der Waals surface area contributed by atoms with Crippen LogP contribution in [0.15, 0.2) is 55.1 Å². The number of carbonyl (C=O) groups is 1. The van der Waals surface area contributed by atoms with Gasteiger partial charge >= 0.3 is 6.18 Å². The number of rotatable bonds is 3. The zero-order chi connectivity index (χ0) is 17.2. The van der Waals surface area contributed by atoms with E-state index in [-0.39, 0.29) is 0 Å². The molecule has 0 atom stereocenters. The second kappa shape index (κ2) is 6.15. The Morgan fingerprint density at radius 2 is 1.96 bits per heavy atom. The van der Waals surface area contributed by atoms with Crippen molar-refractivity contribution < 1.29 is 18.0 Å². The van der Waals surface area contributed by atoms with E-state index >= 15 is 0 Å². The molecule has 1 amide bonds. The maximum atomic E-state index is 13.0. The van der Waals surface area contributed by atoms with Crippen LogP contribution in [0.5, 0.6) is 0 Å². The molecule has 0 saturated carbocycles. The highest BCUT2D eigenvalue weighted by molar-refractivity contribution is 6.05. The summed E-state index contributed by atoms with van der Waals surface area (Å²) in [6.45, 7) is 0. The summed E-state index contributed by atoms with van der Waals surface area (Å²) in [5, 5.41) is 8.98. The Morgan fingerprint density at radius 3 is 2.67 bits per heavy atom. The summed E-state index contributed by atoms with van der Waals surface area (Å²) >= 11 is 0. The zero-order valence-corrected chi connectivity index (χ0v) is 12.1. The number of anilines is 1. The van der Waals surface area contributed by atoms with Crippen LogP contribution in [0, 0.1) is 0 Å². The van der Waals surface area contributed by atoms with Crippen molar-refractivity contribution in [2.45, 2.75) is 6.18 Å². The summed E-state index contributed by atoms with van der Waals surface area (Å²) in [7, 11) is 0. The molecule has 122 valence electrons. The lowest BCUT2D eigenvalue weighted by Crippen LogP contribution is -2.19. The summed E-state index contributed by atoms with van der Waals surface area (Å²) in [5.74, 6) is -0.853. The van der Waals surface area contributed by atoms with Crippen molar-refractivity contribution in [2.24, 2.45) is 0 Å². The summed E-state index contributed by atoms with van der Waals surface area (Å²) in [6, 6.07) is 7.77. The maximum Gasteiger partial charge on any atom is 0.418 e. The van der Waals surface area contributed by atoms with Crippen molar-refractivity contribution in [2.75, 3.05) is 5.32 Å². The number of aromatic nitrogens is 3. The van der Waals surface area contributed by atoms with Crippen LogP contribution in [0.2, 0.25) is 0 Å². The van der Waals surface area contributed by atoms with Crippen LogP contribution in [-0.2, 0) is 6.18 Å². The third-order valence-corrected chi connectivity index (χ3v) is 3.32. The fourth-order valence-corrected chi connectivity index (χ4v) is 2.20. The van der Waals surface area contributed by atoms with Crippen LogP contribution in [0.4, 0.5) is 18.9 Å². The predicted octanol–water partition coefficient (Wildman–Crippen LogP) is 3.74. The lowest BCUT2D eigenvalue weighted by atomic mass is 10.1. The first kappa shape index (κ1) is 15.7. The van der Waals surface area contributed by atoms with E-state index in [1.54, 1.807) is 36.7 Å². The first-order valence-corrected chi connectivity index (χ1v) is 6.87. The van der Waals surface area contributed by atoms with E-state index in [0.29, 0.717) is 11.9 Å². The number of alkyl halides is 3.